The molecule has 0 spiro atoms. The summed E-state index contributed by atoms with van der Waals surface area (Å²) in [6.45, 7) is 5.89. The number of likely N-dealkylation sites (tertiary alicyclic amines) is 1. The van der Waals surface area contributed by atoms with Crippen LogP contribution in [-0.4, -0.2) is 36.8 Å². The first-order valence-corrected chi connectivity index (χ1v) is 6.95. The normalized spacial score (nSPS) is 19.4. The molecule has 0 amide bonds. The number of alkyl halides is 3. The zero-order valence-electron chi connectivity index (χ0n) is 12.2. The molecule has 2 rings (SSSR count). The second-order valence-electron chi connectivity index (χ2n) is 4.70. The highest BCUT2D eigenvalue weighted by molar-refractivity contribution is 5.27. The minimum Gasteiger partial charge on any atom is -0.489 e. The minimum absolute atomic E-state index is 0.144. The number of aryl methyl sites for hydroxylation is 1. The molecule has 0 saturated carbocycles. The van der Waals surface area contributed by atoms with Gasteiger partial charge in [0.25, 0.3) is 0 Å². The van der Waals surface area contributed by atoms with Gasteiger partial charge >= 0.3 is 6.18 Å². The van der Waals surface area contributed by atoms with E-state index < -0.39 is 12.7 Å². The second-order valence-corrected chi connectivity index (χ2v) is 4.70. The molecule has 0 aliphatic carbocycles. The van der Waals surface area contributed by atoms with E-state index in [4.69, 9.17) is 4.74 Å². The van der Waals surface area contributed by atoms with Crippen molar-refractivity contribution in [2.45, 2.75) is 39.5 Å². The van der Waals surface area contributed by atoms with Gasteiger partial charge in [-0.1, -0.05) is 26.0 Å². The van der Waals surface area contributed by atoms with E-state index in [1.54, 1.807) is 0 Å². The van der Waals surface area contributed by atoms with Crippen molar-refractivity contribution in [3.05, 3.63) is 29.8 Å². The topological polar surface area (TPSA) is 12.5 Å². The van der Waals surface area contributed by atoms with E-state index in [-0.39, 0.29) is 6.10 Å². The van der Waals surface area contributed by atoms with Crippen molar-refractivity contribution in [3.8, 4) is 5.75 Å². The van der Waals surface area contributed by atoms with E-state index in [2.05, 4.69) is 0 Å². The first kappa shape index (κ1) is 16.8. The van der Waals surface area contributed by atoms with Crippen molar-refractivity contribution in [1.82, 2.24) is 4.90 Å². The Balaban J connectivity index is 0.000000956. The summed E-state index contributed by atoms with van der Waals surface area (Å²) >= 11 is 0. The molecule has 0 radical (unpaired) electrons. The van der Waals surface area contributed by atoms with Crippen molar-refractivity contribution in [1.29, 1.82) is 0 Å². The number of nitrogens with zero attached hydrogens (tertiary/aromatic N) is 1. The predicted molar refractivity (Wildman–Crippen MR) is 74.1 cm³/mol. The lowest BCUT2D eigenvalue weighted by Crippen LogP contribution is -2.33. The van der Waals surface area contributed by atoms with E-state index in [9.17, 15) is 13.2 Å². The molecule has 1 aromatic rings. The Hall–Kier alpha value is -1.23. The maximum absolute atomic E-state index is 12.2. The van der Waals surface area contributed by atoms with Crippen LogP contribution >= 0.6 is 0 Å². The summed E-state index contributed by atoms with van der Waals surface area (Å²) in [4.78, 5) is 1.39. The largest absolute Gasteiger partial charge is 0.489 e. The van der Waals surface area contributed by atoms with Crippen LogP contribution in [0, 0.1) is 6.92 Å². The zero-order valence-corrected chi connectivity index (χ0v) is 12.2. The molecule has 114 valence electrons. The number of ether oxygens (including phenoxy) is 1. The first-order chi connectivity index (χ1) is 9.42. The summed E-state index contributed by atoms with van der Waals surface area (Å²) in [5.41, 5.74) is 1.08. The Labute approximate surface area is 118 Å². The van der Waals surface area contributed by atoms with Gasteiger partial charge in [-0.3, -0.25) is 4.90 Å². The summed E-state index contributed by atoms with van der Waals surface area (Å²) in [6, 6.07) is 7.57. The molecule has 1 aromatic carbocycles. The Morgan fingerprint density at radius 1 is 1.30 bits per heavy atom. The highest BCUT2D eigenvalue weighted by atomic mass is 19.4. The van der Waals surface area contributed by atoms with Gasteiger partial charge in [0.2, 0.25) is 0 Å². The van der Waals surface area contributed by atoms with Crippen LogP contribution in [0.2, 0.25) is 0 Å². The summed E-state index contributed by atoms with van der Waals surface area (Å²) in [5, 5.41) is 0. The molecule has 1 fully saturated rings. The second kappa shape index (κ2) is 7.53. The van der Waals surface area contributed by atoms with Crippen molar-refractivity contribution in [3.63, 3.8) is 0 Å². The van der Waals surface area contributed by atoms with Crippen LogP contribution in [-0.2, 0) is 0 Å². The van der Waals surface area contributed by atoms with Crippen LogP contribution in [0.5, 0.6) is 5.75 Å². The number of hydrogen-bond acceptors (Lipinski definition) is 2. The molecule has 1 unspecified atom stereocenters. The lowest BCUT2D eigenvalue weighted by atomic mass is 10.2. The van der Waals surface area contributed by atoms with Crippen LogP contribution < -0.4 is 4.74 Å². The summed E-state index contributed by atoms with van der Waals surface area (Å²) < 4.78 is 42.4. The van der Waals surface area contributed by atoms with E-state index in [1.165, 1.54) is 4.90 Å². The molecule has 0 N–H and O–H groups in total. The molecule has 1 aliphatic heterocycles. The van der Waals surface area contributed by atoms with E-state index in [0.717, 1.165) is 11.3 Å². The summed E-state index contributed by atoms with van der Waals surface area (Å²) in [6.07, 6.45) is -3.63. The number of halogens is 3. The van der Waals surface area contributed by atoms with E-state index in [0.29, 0.717) is 19.5 Å². The van der Waals surface area contributed by atoms with Crippen molar-refractivity contribution in [2.24, 2.45) is 0 Å². The third-order valence-corrected chi connectivity index (χ3v) is 2.92. The molecule has 1 atom stereocenters. The van der Waals surface area contributed by atoms with Crippen LogP contribution in [0.4, 0.5) is 13.2 Å². The van der Waals surface area contributed by atoms with Crippen molar-refractivity contribution < 1.29 is 17.9 Å². The molecule has 2 nitrogen and oxygen atoms in total. The Bertz CT molecular complexity index is 406. The third kappa shape index (κ3) is 5.82. The summed E-state index contributed by atoms with van der Waals surface area (Å²) in [5.74, 6) is 0.730. The highest BCUT2D eigenvalue weighted by Gasteiger charge is 2.34. The van der Waals surface area contributed by atoms with Gasteiger partial charge in [0.1, 0.15) is 11.9 Å². The lowest BCUT2D eigenvalue weighted by Gasteiger charge is -2.18. The molecular formula is C15H22F3NO. The van der Waals surface area contributed by atoms with Gasteiger partial charge in [-0.2, -0.15) is 13.2 Å². The van der Waals surface area contributed by atoms with Gasteiger partial charge in [0, 0.05) is 13.1 Å². The molecular weight excluding hydrogens is 267 g/mol. The van der Waals surface area contributed by atoms with Crippen LogP contribution in [0.25, 0.3) is 0 Å². The quantitative estimate of drug-likeness (QED) is 0.832. The molecule has 1 aliphatic rings. The number of rotatable bonds is 3. The Morgan fingerprint density at radius 3 is 2.60 bits per heavy atom. The predicted octanol–water partition coefficient (Wildman–Crippen LogP) is 4.04. The molecule has 0 aromatic heterocycles. The van der Waals surface area contributed by atoms with Gasteiger partial charge in [-0.25, -0.2) is 0 Å². The Morgan fingerprint density at radius 2 is 2.00 bits per heavy atom. The van der Waals surface area contributed by atoms with Crippen LogP contribution in [0.3, 0.4) is 0 Å². The van der Waals surface area contributed by atoms with Gasteiger partial charge in [0.15, 0.2) is 0 Å². The van der Waals surface area contributed by atoms with Gasteiger partial charge in [0.05, 0.1) is 6.54 Å². The fraction of sp³-hybridized carbons (Fsp3) is 0.600. The monoisotopic (exact) mass is 289 g/mol. The lowest BCUT2D eigenvalue weighted by molar-refractivity contribution is -0.144. The first-order valence-electron chi connectivity index (χ1n) is 6.95. The van der Waals surface area contributed by atoms with Gasteiger partial charge in [-0.15, -0.1) is 0 Å². The maximum atomic E-state index is 12.2. The maximum Gasteiger partial charge on any atom is 0.401 e. The SMILES string of the molecule is CC.Cc1cccc(OC2CCN(CC(F)(F)F)C2)c1. The van der Waals surface area contributed by atoms with Crippen LogP contribution in [0.1, 0.15) is 25.8 Å². The molecule has 1 heterocycles. The standard InChI is InChI=1S/C13H16F3NO.C2H6/c1-10-3-2-4-11(7-10)18-12-5-6-17(8-12)9-13(14,15)16;1-2/h2-4,7,12H,5-6,8-9H2,1H3;1-2H3. The zero-order chi connectivity index (χ0) is 15.2. The highest BCUT2D eigenvalue weighted by Crippen LogP contribution is 2.23. The van der Waals surface area contributed by atoms with Gasteiger partial charge in [-0.05, 0) is 31.0 Å². The van der Waals surface area contributed by atoms with Crippen LogP contribution in [0.15, 0.2) is 24.3 Å². The average Bonchev–Trinajstić information content (AvgIpc) is 2.76. The molecule has 5 heteroatoms. The minimum atomic E-state index is -4.13. The molecule has 0 bridgehead atoms. The number of benzene rings is 1. The van der Waals surface area contributed by atoms with Crippen molar-refractivity contribution >= 4 is 0 Å². The fourth-order valence-electron chi connectivity index (χ4n) is 2.17. The molecule has 20 heavy (non-hydrogen) atoms. The van der Waals surface area contributed by atoms with E-state index in [1.807, 2.05) is 45.0 Å². The third-order valence-electron chi connectivity index (χ3n) is 2.92. The van der Waals surface area contributed by atoms with E-state index >= 15 is 0 Å². The fourth-order valence-corrected chi connectivity index (χ4v) is 2.17. The van der Waals surface area contributed by atoms with Crippen molar-refractivity contribution in [2.75, 3.05) is 19.6 Å². The number of hydrogen-bond donors (Lipinski definition) is 0. The Kier molecular flexibility index (Phi) is 6.33. The van der Waals surface area contributed by atoms with Gasteiger partial charge < -0.3 is 4.74 Å². The smallest absolute Gasteiger partial charge is 0.401 e. The average molecular weight is 289 g/mol. The molecule has 1 saturated heterocycles. The summed E-state index contributed by atoms with van der Waals surface area (Å²) in [7, 11) is 0.